The molecule has 0 saturated carbocycles. The summed E-state index contributed by atoms with van der Waals surface area (Å²) in [6.45, 7) is 6.33. The molecule has 0 amide bonds. The summed E-state index contributed by atoms with van der Waals surface area (Å²) >= 11 is 0. The van der Waals surface area contributed by atoms with Gasteiger partial charge in [-0.3, -0.25) is 0 Å². The first-order valence-electron chi connectivity index (χ1n) is 8.33. The molecule has 25 heavy (non-hydrogen) atoms. The van der Waals surface area contributed by atoms with Gasteiger partial charge in [0.1, 0.15) is 0 Å². The van der Waals surface area contributed by atoms with Gasteiger partial charge in [-0.05, 0) is 38.0 Å². The minimum absolute atomic E-state index is 0.126. The average Bonchev–Trinajstić information content (AvgIpc) is 2.60. The van der Waals surface area contributed by atoms with Gasteiger partial charge in [0.05, 0.1) is 0 Å². The second kappa shape index (κ2) is 8.43. The van der Waals surface area contributed by atoms with E-state index in [4.69, 9.17) is 0 Å². The third-order valence-corrected chi connectivity index (χ3v) is 4.90. The van der Waals surface area contributed by atoms with Gasteiger partial charge in [0.15, 0.2) is 0 Å². The molecule has 0 aliphatic carbocycles. The smallest absolute Gasteiger partial charge is 0.233 e. The van der Waals surface area contributed by atoms with Gasteiger partial charge in [-0.15, -0.1) is 0 Å². The quantitative estimate of drug-likeness (QED) is 0.756. The van der Waals surface area contributed by atoms with Gasteiger partial charge in [0, 0.05) is 23.5 Å². The Morgan fingerprint density at radius 3 is 2.16 bits per heavy atom. The average molecular weight is 359 g/mol. The summed E-state index contributed by atoms with van der Waals surface area (Å²) in [6.07, 6.45) is 1.59. The van der Waals surface area contributed by atoms with Gasteiger partial charge in [0.25, 0.3) is 0 Å². The molecule has 1 unspecified atom stereocenters. The van der Waals surface area contributed by atoms with E-state index in [1.165, 1.54) is 11.0 Å². The van der Waals surface area contributed by atoms with Crippen molar-refractivity contribution in [2.24, 2.45) is 0 Å². The predicted octanol–water partition coefficient (Wildman–Crippen LogP) is 3.71. The molecule has 0 bridgehead atoms. The van der Waals surface area contributed by atoms with Crippen molar-refractivity contribution in [3.8, 4) is 0 Å². The van der Waals surface area contributed by atoms with E-state index in [-0.39, 0.29) is 11.6 Å². The maximum atomic E-state index is 12.2. The van der Waals surface area contributed by atoms with Crippen LogP contribution in [-0.4, -0.2) is 20.5 Å². The van der Waals surface area contributed by atoms with Crippen LogP contribution in [0.1, 0.15) is 37.9 Å². The van der Waals surface area contributed by atoms with Crippen LogP contribution in [0.4, 0.5) is 0 Å². The summed E-state index contributed by atoms with van der Waals surface area (Å²) in [5.41, 5.74) is 1.63. The van der Waals surface area contributed by atoms with Crippen molar-refractivity contribution in [2.75, 3.05) is 6.54 Å². The van der Waals surface area contributed by atoms with Crippen molar-refractivity contribution in [2.45, 2.75) is 32.4 Å². The Hall–Kier alpha value is -1.95. The van der Waals surface area contributed by atoms with Crippen molar-refractivity contribution < 1.29 is 8.42 Å². The Morgan fingerprint density at radius 2 is 1.56 bits per heavy atom. The zero-order valence-corrected chi connectivity index (χ0v) is 15.8. The molecule has 0 fully saturated rings. The maximum Gasteiger partial charge on any atom is 0.233 e. The van der Waals surface area contributed by atoms with E-state index in [9.17, 15) is 8.42 Å². The third-order valence-electron chi connectivity index (χ3n) is 3.86. The van der Waals surface area contributed by atoms with Crippen LogP contribution in [0.5, 0.6) is 0 Å². The SMILES string of the molecule is CC(NC(C)(C)CNS(=O)(=O)/C=C/c1ccccc1)c1ccccc1. The summed E-state index contributed by atoms with van der Waals surface area (Å²) in [4.78, 5) is 0. The molecular weight excluding hydrogens is 332 g/mol. The summed E-state index contributed by atoms with van der Waals surface area (Å²) in [5, 5.41) is 4.68. The Bertz CT molecular complexity index is 785. The standard InChI is InChI=1S/C20H26N2O2S/c1-17(19-12-8-5-9-13-19)22-20(2,3)16-21-25(23,24)15-14-18-10-6-4-7-11-18/h4-15,17,21-22H,16H2,1-3H3/b15-14+. The van der Waals surface area contributed by atoms with Crippen molar-refractivity contribution in [3.05, 3.63) is 77.2 Å². The topological polar surface area (TPSA) is 58.2 Å². The molecule has 0 heterocycles. The van der Waals surface area contributed by atoms with Gasteiger partial charge < -0.3 is 5.32 Å². The lowest BCUT2D eigenvalue weighted by Crippen LogP contribution is -2.49. The molecule has 0 radical (unpaired) electrons. The van der Waals surface area contributed by atoms with Gasteiger partial charge in [-0.2, -0.15) is 0 Å². The molecule has 2 aromatic rings. The lowest BCUT2D eigenvalue weighted by molar-refractivity contribution is 0.346. The molecule has 0 spiro atoms. The Labute approximate surface area is 151 Å². The lowest BCUT2D eigenvalue weighted by atomic mass is 10.0. The first-order valence-corrected chi connectivity index (χ1v) is 9.87. The van der Waals surface area contributed by atoms with E-state index in [0.717, 1.165) is 5.56 Å². The molecule has 5 heteroatoms. The van der Waals surface area contributed by atoms with Crippen LogP contribution in [0.2, 0.25) is 0 Å². The fourth-order valence-electron chi connectivity index (χ4n) is 2.52. The molecule has 1 atom stereocenters. The molecule has 2 rings (SSSR count). The highest BCUT2D eigenvalue weighted by atomic mass is 32.2. The minimum Gasteiger partial charge on any atom is -0.304 e. The first kappa shape index (κ1) is 19.4. The number of rotatable bonds is 8. The van der Waals surface area contributed by atoms with Gasteiger partial charge in [-0.1, -0.05) is 60.7 Å². The molecule has 134 valence electrons. The number of hydrogen-bond donors (Lipinski definition) is 2. The van der Waals surface area contributed by atoms with Crippen LogP contribution in [0.15, 0.2) is 66.1 Å². The molecular formula is C20H26N2O2S. The van der Waals surface area contributed by atoms with E-state index in [0.29, 0.717) is 6.54 Å². The largest absolute Gasteiger partial charge is 0.304 e. The minimum atomic E-state index is -3.48. The number of sulfonamides is 1. The fourth-order valence-corrected chi connectivity index (χ4v) is 3.52. The number of benzene rings is 2. The maximum absolute atomic E-state index is 12.2. The summed E-state index contributed by atoms with van der Waals surface area (Å²) < 4.78 is 27.0. The summed E-state index contributed by atoms with van der Waals surface area (Å²) in [7, 11) is -3.48. The zero-order valence-electron chi connectivity index (χ0n) is 14.9. The Kier molecular flexibility index (Phi) is 6.53. The van der Waals surface area contributed by atoms with Crippen LogP contribution in [0, 0.1) is 0 Å². The fraction of sp³-hybridized carbons (Fsp3) is 0.300. The molecule has 0 aliphatic rings. The zero-order chi connectivity index (χ0) is 18.3. The van der Waals surface area contributed by atoms with Crippen LogP contribution in [0.25, 0.3) is 6.08 Å². The first-order chi connectivity index (χ1) is 11.8. The van der Waals surface area contributed by atoms with Crippen LogP contribution in [0.3, 0.4) is 0 Å². The Balaban J connectivity index is 1.92. The highest BCUT2D eigenvalue weighted by Gasteiger charge is 2.22. The summed E-state index contributed by atoms with van der Waals surface area (Å²) in [6, 6.07) is 19.6. The van der Waals surface area contributed by atoms with Gasteiger partial charge in [-0.25, -0.2) is 13.1 Å². The van der Waals surface area contributed by atoms with Crippen molar-refractivity contribution in [1.82, 2.24) is 10.0 Å². The normalized spacial score (nSPS) is 13.9. The predicted molar refractivity (Wildman–Crippen MR) is 104 cm³/mol. The number of nitrogens with one attached hydrogen (secondary N) is 2. The van der Waals surface area contributed by atoms with E-state index in [1.807, 2.05) is 62.4 Å². The highest BCUT2D eigenvalue weighted by Crippen LogP contribution is 2.16. The second-order valence-corrected chi connectivity index (χ2v) is 8.39. The molecule has 2 aromatic carbocycles. The molecule has 0 aliphatic heterocycles. The molecule has 0 aromatic heterocycles. The number of hydrogen-bond acceptors (Lipinski definition) is 3. The van der Waals surface area contributed by atoms with E-state index in [2.05, 4.69) is 29.1 Å². The molecule has 4 nitrogen and oxygen atoms in total. The van der Waals surface area contributed by atoms with Gasteiger partial charge in [0.2, 0.25) is 10.0 Å². The monoisotopic (exact) mass is 358 g/mol. The third kappa shape index (κ3) is 6.82. The van der Waals surface area contributed by atoms with E-state index in [1.54, 1.807) is 6.08 Å². The van der Waals surface area contributed by atoms with E-state index >= 15 is 0 Å². The van der Waals surface area contributed by atoms with Gasteiger partial charge >= 0.3 is 0 Å². The van der Waals surface area contributed by atoms with Crippen LogP contribution < -0.4 is 10.0 Å². The molecule has 2 N–H and O–H groups in total. The van der Waals surface area contributed by atoms with Crippen molar-refractivity contribution >= 4 is 16.1 Å². The van der Waals surface area contributed by atoms with Crippen molar-refractivity contribution in [3.63, 3.8) is 0 Å². The van der Waals surface area contributed by atoms with Crippen LogP contribution in [-0.2, 0) is 10.0 Å². The van der Waals surface area contributed by atoms with Crippen LogP contribution >= 0.6 is 0 Å². The van der Waals surface area contributed by atoms with E-state index < -0.39 is 10.0 Å². The Morgan fingerprint density at radius 1 is 1.00 bits per heavy atom. The molecule has 0 saturated heterocycles. The second-order valence-electron chi connectivity index (χ2n) is 6.74. The summed E-state index contributed by atoms with van der Waals surface area (Å²) in [5.74, 6) is 0. The lowest BCUT2D eigenvalue weighted by Gasteiger charge is -2.30. The highest BCUT2D eigenvalue weighted by molar-refractivity contribution is 7.92. The van der Waals surface area contributed by atoms with Crippen molar-refractivity contribution in [1.29, 1.82) is 0 Å².